The molecule has 3 fully saturated rings. The summed E-state index contributed by atoms with van der Waals surface area (Å²) in [4.78, 5) is 26.9. The Bertz CT molecular complexity index is 363. The van der Waals surface area contributed by atoms with Gasteiger partial charge < -0.3 is 4.90 Å². The van der Waals surface area contributed by atoms with Gasteiger partial charge in [-0.3, -0.25) is 9.59 Å². The van der Waals surface area contributed by atoms with E-state index in [4.69, 9.17) is 0 Å². The number of carbonyl (C=O) groups excluding carboxylic acids is 2. The SMILES string of the molecule is C[C@H]1CCCCN1C(=O)C1C[C@H]2CCC[C@@H](C1)C2=O. The molecule has 0 aromatic carbocycles. The van der Waals surface area contributed by atoms with E-state index in [-0.39, 0.29) is 17.8 Å². The fourth-order valence-corrected chi connectivity index (χ4v) is 4.34. The van der Waals surface area contributed by atoms with Crippen molar-refractivity contribution >= 4 is 11.7 Å². The summed E-state index contributed by atoms with van der Waals surface area (Å²) in [6.45, 7) is 3.10. The summed E-state index contributed by atoms with van der Waals surface area (Å²) in [5.41, 5.74) is 0. The van der Waals surface area contributed by atoms with E-state index >= 15 is 0 Å². The van der Waals surface area contributed by atoms with Gasteiger partial charge in [-0.25, -0.2) is 0 Å². The van der Waals surface area contributed by atoms with E-state index in [0.717, 1.165) is 45.1 Å². The van der Waals surface area contributed by atoms with Crippen molar-refractivity contribution in [2.24, 2.45) is 17.8 Å². The molecule has 1 saturated heterocycles. The maximum absolute atomic E-state index is 12.7. The second-order valence-corrected chi connectivity index (χ2v) is 6.77. The first-order chi connectivity index (χ1) is 9.16. The van der Waals surface area contributed by atoms with Crippen LogP contribution in [0.3, 0.4) is 0 Å². The van der Waals surface area contributed by atoms with Gasteiger partial charge in [-0.2, -0.15) is 0 Å². The smallest absolute Gasteiger partial charge is 0.225 e. The number of piperidine rings is 1. The Morgan fingerprint density at radius 2 is 1.74 bits per heavy atom. The first-order valence-corrected chi connectivity index (χ1v) is 8.01. The zero-order valence-electron chi connectivity index (χ0n) is 11.9. The lowest BCUT2D eigenvalue weighted by Crippen LogP contribution is -2.48. The predicted octanol–water partition coefficient (Wildman–Crippen LogP) is 2.78. The van der Waals surface area contributed by atoms with Crippen LogP contribution in [0.1, 0.15) is 58.3 Å². The van der Waals surface area contributed by atoms with Crippen molar-refractivity contribution in [2.45, 2.75) is 64.3 Å². The summed E-state index contributed by atoms with van der Waals surface area (Å²) in [6.07, 6.45) is 8.43. The molecule has 0 aromatic heterocycles. The van der Waals surface area contributed by atoms with Crippen LogP contribution < -0.4 is 0 Å². The van der Waals surface area contributed by atoms with Crippen LogP contribution in [0.15, 0.2) is 0 Å². The van der Waals surface area contributed by atoms with E-state index < -0.39 is 0 Å². The Labute approximate surface area is 115 Å². The zero-order valence-corrected chi connectivity index (χ0v) is 11.9. The highest BCUT2D eigenvalue weighted by Gasteiger charge is 2.42. The molecule has 19 heavy (non-hydrogen) atoms. The van der Waals surface area contributed by atoms with E-state index in [1.54, 1.807) is 0 Å². The molecule has 1 unspecified atom stereocenters. The molecule has 1 aliphatic heterocycles. The second-order valence-electron chi connectivity index (χ2n) is 6.77. The van der Waals surface area contributed by atoms with Crippen molar-refractivity contribution < 1.29 is 9.59 Å². The van der Waals surface area contributed by atoms with E-state index in [1.165, 1.54) is 12.8 Å². The second kappa shape index (κ2) is 5.26. The molecule has 1 heterocycles. The fraction of sp³-hybridized carbons (Fsp3) is 0.875. The molecule has 2 bridgehead atoms. The molecule has 3 aliphatic rings. The molecule has 0 radical (unpaired) electrons. The Morgan fingerprint density at radius 1 is 1.05 bits per heavy atom. The summed E-state index contributed by atoms with van der Waals surface area (Å²) in [6, 6.07) is 0.402. The van der Waals surface area contributed by atoms with Crippen LogP contribution in [0.5, 0.6) is 0 Å². The van der Waals surface area contributed by atoms with Gasteiger partial charge in [0.05, 0.1) is 0 Å². The summed E-state index contributed by atoms with van der Waals surface area (Å²) in [7, 11) is 0. The minimum atomic E-state index is 0.133. The van der Waals surface area contributed by atoms with Crippen molar-refractivity contribution in [1.29, 1.82) is 0 Å². The minimum Gasteiger partial charge on any atom is -0.340 e. The summed E-state index contributed by atoms with van der Waals surface area (Å²) in [5, 5.41) is 0. The summed E-state index contributed by atoms with van der Waals surface area (Å²) >= 11 is 0. The highest BCUT2D eigenvalue weighted by Crippen LogP contribution is 2.41. The van der Waals surface area contributed by atoms with Crippen molar-refractivity contribution in [3.8, 4) is 0 Å². The zero-order chi connectivity index (χ0) is 13.4. The minimum absolute atomic E-state index is 0.133. The van der Waals surface area contributed by atoms with Crippen molar-refractivity contribution in [3.63, 3.8) is 0 Å². The van der Waals surface area contributed by atoms with Gasteiger partial charge in [-0.05, 0) is 51.9 Å². The molecule has 2 aliphatic carbocycles. The number of amides is 1. The van der Waals surface area contributed by atoms with Crippen LogP contribution >= 0.6 is 0 Å². The van der Waals surface area contributed by atoms with Gasteiger partial charge in [0.2, 0.25) is 5.91 Å². The first kappa shape index (κ1) is 13.1. The van der Waals surface area contributed by atoms with Crippen LogP contribution in [0.4, 0.5) is 0 Å². The van der Waals surface area contributed by atoms with Crippen LogP contribution in [0.25, 0.3) is 0 Å². The Hall–Kier alpha value is -0.860. The van der Waals surface area contributed by atoms with Crippen molar-refractivity contribution in [2.75, 3.05) is 6.54 Å². The number of Topliss-reactive ketones (excluding diaryl/α,β-unsaturated/α-hetero) is 1. The molecular weight excluding hydrogens is 238 g/mol. The molecule has 3 heteroatoms. The Kier molecular flexibility index (Phi) is 3.64. The highest BCUT2D eigenvalue weighted by atomic mass is 16.2. The molecule has 106 valence electrons. The molecule has 1 amide bonds. The van der Waals surface area contributed by atoms with Gasteiger partial charge in [0.1, 0.15) is 5.78 Å². The van der Waals surface area contributed by atoms with E-state index in [1.807, 2.05) is 0 Å². The first-order valence-electron chi connectivity index (χ1n) is 8.01. The van der Waals surface area contributed by atoms with E-state index in [2.05, 4.69) is 11.8 Å². The lowest BCUT2D eigenvalue weighted by atomic mass is 9.66. The topological polar surface area (TPSA) is 37.4 Å². The van der Waals surface area contributed by atoms with E-state index in [9.17, 15) is 9.59 Å². The molecule has 3 rings (SSSR count). The Morgan fingerprint density at radius 3 is 2.37 bits per heavy atom. The fourth-order valence-electron chi connectivity index (χ4n) is 4.34. The average molecular weight is 263 g/mol. The largest absolute Gasteiger partial charge is 0.340 e. The highest BCUT2D eigenvalue weighted by molar-refractivity contribution is 5.88. The van der Waals surface area contributed by atoms with Gasteiger partial charge in [0.15, 0.2) is 0 Å². The van der Waals surface area contributed by atoms with Crippen molar-refractivity contribution in [3.05, 3.63) is 0 Å². The number of hydrogen-bond acceptors (Lipinski definition) is 2. The van der Waals surface area contributed by atoms with Gasteiger partial charge in [-0.1, -0.05) is 6.42 Å². The molecule has 0 aromatic rings. The quantitative estimate of drug-likeness (QED) is 0.729. The van der Waals surface area contributed by atoms with Gasteiger partial charge in [0, 0.05) is 30.3 Å². The van der Waals surface area contributed by atoms with Gasteiger partial charge >= 0.3 is 0 Å². The maximum atomic E-state index is 12.7. The number of likely N-dealkylation sites (tertiary alicyclic amines) is 1. The van der Waals surface area contributed by atoms with Crippen LogP contribution in [0.2, 0.25) is 0 Å². The van der Waals surface area contributed by atoms with Gasteiger partial charge in [0.25, 0.3) is 0 Å². The summed E-state index contributed by atoms with van der Waals surface area (Å²) < 4.78 is 0. The van der Waals surface area contributed by atoms with E-state index in [0.29, 0.717) is 17.7 Å². The number of carbonyl (C=O) groups is 2. The normalized spacial score (nSPS) is 39.2. The molecule has 0 spiro atoms. The van der Waals surface area contributed by atoms with Crippen LogP contribution in [-0.2, 0) is 9.59 Å². The van der Waals surface area contributed by atoms with Crippen LogP contribution in [0, 0.1) is 17.8 Å². The third-order valence-corrected chi connectivity index (χ3v) is 5.48. The average Bonchev–Trinajstić information content (AvgIpc) is 2.38. The maximum Gasteiger partial charge on any atom is 0.225 e. The molecule has 2 saturated carbocycles. The van der Waals surface area contributed by atoms with Crippen molar-refractivity contribution in [1.82, 2.24) is 4.90 Å². The number of hydrogen-bond donors (Lipinski definition) is 0. The predicted molar refractivity (Wildman–Crippen MR) is 73.6 cm³/mol. The molecule has 3 nitrogen and oxygen atoms in total. The van der Waals surface area contributed by atoms with Gasteiger partial charge in [-0.15, -0.1) is 0 Å². The lowest BCUT2D eigenvalue weighted by molar-refractivity contribution is -0.145. The molecule has 4 atom stereocenters. The number of fused-ring (bicyclic) bond motifs is 2. The molecular formula is C16H25NO2. The Balaban J connectivity index is 1.69. The monoisotopic (exact) mass is 263 g/mol. The summed E-state index contributed by atoms with van der Waals surface area (Å²) in [5.74, 6) is 1.33. The molecule has 0 N–H and O–H groups in total. The number of rotatable bonds is 1. The third-order valence-electron chi connectivity index (χ3n) is 5.48. The van der Waals surface area contributed by atoms with Crippen LogP contribution in [-0.4, -0.2) is 29.2 Å². The number of nitrogens with zero attached hydrogens (tertiary/aromatic N) is 1. The standard InChI is InChI=1S/C16H25NO2/c1-11-5-2-3-8-17(11)16(19)14-9-12-6-4-7-13(10-14)15(12)18/h11-14H,2-10H2,1H3/t11-,12-,13+,14?/m0/s1. The number of ketones is 1. The lowest BCUT2D eigenvalue weighted by Gasteiger charge is -2.41. The third kappa shape index (κ3) is 2.44.